The van der Waals surface area contributed by atoms with Gasteiger partial charge in [-0.05, 0) is 25.1 Å². The Morgan fingerprint density at radius 1 is 1.39 bits per heavy atom. The van der Waals surface area contributed by atoms with Crippen LogP contribution in [0.2, 0.25) is 5.02 Å². The van der Waals surface area contributed by atoms with E-state index in [4.69, 9.17) is 21.4 Å². The molecule has 5 nitrogen and oxygen atoms in total. The molecule has 0 radical (unpaired) electrons. The fraction of sp³-hybridized carbons (Fsp3) is 0.167. The molecule has 0 amide bonds. The first-order valence-corrected chi connectivity index (χ1v) is 5.63. The molecule has 0 aliphatic carbocycles. The van der Waals surface area contributed by atoms with Crippen LogP contribution in [0.5, 0.6) is 0 Å². The van der Waals surface area contributed by atoms with Crippen molar-refractivity contribution in [1.82, 2.24) is 4.98 Å². The summed E-state index contributed by atoms with van der Waals surface area (Å²) in [5.74, 6) is -1.59. The van der Waals surface area contributed by atoms with Crippen molar-refractivity contribution in [3.63, 3.8) is 0 Å². The number of esters is 1. The summed E-state index contributed by atoms with van der Waals surface area (Å²) < 4.78 is 4.86. The highest BCUT2D eigenvalue weighted by Gasteiger charge is 2.15. The van der Waals surface area contributed by atoms with E-state index in [1.165, 1.54) is 18.2 Å². The number of carboxylic acid groups (broad SMARTS) is 1. The second-order valence-electron chi connectivity index (χ2n) is 3.63. The smallest absolute Gasteiger partial charge is 0.352 e. The summed E-state index contributed by atoms with van der Waals surface area (Å²) in [4.78, 5) is 25.1. The topological polar surface area (TPSA) is 79.4 Å². The molecule has 0 bridgehead atoms. The van der Waals surface area contributed by atoms with Gasteiger partial charge in [-0.3, -0.25) is 0 Å². The average Bonchev–Trinajstić information content (AvgIpc) is 2.71. The summed E-state index contributed by atoms with van der Waals surface area (Å²) in [6.07, 6.45) is 0. The summed E-state index contributed by atoms with van der Waals surface area (Å²) in [6.45, 7) is 1.95. The van der Waals surface area contributed by atoms with Crippen LogP contribution in [-0.4, -0.2) is 28.6 Å². The lowest BCUT2D eigenvalue weighted by Gasteiger charge is -2.03. The molecule has 0 spiro atoms. The maximum absolute atomic E-state index is 11.6. The average molecular weight is 268 g/mol. The van der Waals surface area contributed by atoms with Crippen molar-refractivity contribution >= 4 is 34.4 Å². The number of aromatic nitrogens is 1. The highest BCUT2D eigenvalue weighted by molar-refractivity contribution is 6.34. The number of hydrogen-bond donors (Lipinski definition) is 2. The number of benzene rings is 1. The maximum Gasteiger partial charge on any atom is 0.352 e. The first-order chi connectivity index (χ1) is 8.52. The van der Waals surface area contributed by atoms with E-state index >= 15 is 0 Å². The van der Waals surface area contributed by atoms with Crippen LogP contribution in [-0.2, 0) is 4.74 Å². The Balaban J connectivity index is 2.53. The second-order valence-corrected chi connectivity index (χ2v) is 4.04. The number of carbonyl (C=O) groups is 2. The number of carboxylic acids is 1. The predicted molar refractivity (Wildman–Crippen MR) is 66.2 cm³/mol. The van der Waals surface area contributed by atoms with Crippen molar-refractivity contribution < 1.29 is 19.4 Å². The molecule has 0 fully saturated rings. The van der Waals surface area contributed by atoms with E-state index in [1.807, 2.05) is 0 Å². The third-order valence-corrected chi connectivity index (χ3v) is 2.75. The van der Waals surface area contributed by atoms with E-state index in [-0.39, 0.29) is 22.9 Å². The van der Waals surface area contributed by atoms with Gasteiger partial charge in [0.1, 0.15) is 5.69 Å². The Morgan fingerprint density at radius 2 is 2.11 bits per heavy atom. The zero-order chi connectivity index (χ0) is 13.3. The summed E-state index contributed by atoms with van der Waals surface area (Å²) in [6, 6.07) is 4.46. The van der Waals surface area contributed by atoms with Gasteiger partial charge in [0, 0.05) is 10.9 Å². The van der Waals surface area contributed by atoms with Crippen LogP contribution in [0.25, 0.3) is 10.9 Å². The fourth-order valence-corrected chi connectivity index (χ4v) is 1.88. The Bertz CT molecular complexity index is 632. The van der Waals surface area contributed by atoms with Gasteiger partial charge < -0.3 is 14.8 Å². The van der Waals surface area contributed by atoms with Gasteiger partial charge in [0.05, 0.1) is 17.2 Å². The molecule has 0 aliphatic heterocycles. The van der Waals surface area contributed by atoms with Crippen LogP contribution in [0.1, 0.15) is 27.8 Å². The van der Waals surface area contributed by atoms with Gasteiger partial charge in [0.15, 0.2) is 0 Å². The molecular weight excluding hydrogens is 258 g/mol. The van der Waals surface area contributed by atoms with E-state index in [0.29, 0.717) is 10.9 Å². The van der Waals surface area contributed by atoms with E-state index in [2.05, 4.69) is 4.98 Å². The predicted octanol–water partition coefficient (Wildman–Crippen LogP) is 2.70. The number of hydrogen-bond acceptors (Lipinski definition) is 3. The van der Waals surface area contributed by atoms with E-state index in [9.17, 15) is 9.59 Å². The third-order valence-electron chi connectivity index (χ3n) is 2.43. The lowest BCUT2D eigenvalue weighted by molar-refractivity contribution is 0.0526. The number of aromatic carboxylic acids is 1. The van der Waals surface area contributed by atoms with E-state index < -0.39 is 11.9 Å². The molecule has 1 aromatic carbocycles. The fourth-order valence-electron chi connectivity index (χ4n) is 1.63. The van der Waals surface area contributed by atoms with Gasteiger partial charge >= 0.3 is 11.9 Å². The largest absolute Gasteiger partial charge is 0.477 e. The SMILES string of the molecule is CCOC(=O)c1cc2cc(C(=O)O)[nH]c2cc1Cl. The number of ether oxygens (including phenoxy) is 1. The molecule has 1 aromatic heterocycles. The zero-order valence-electron chi connectivity index (χ0n) is 9.49. The van der Waals surface area contributed by atoms with Crippen molar-refractivity contribution in [3.8, 4) is 0 Å². The molecule has 2 rings (SSSR count). The van der Waals surface area contributed by atoms with Crippen molar-refractivity contribution in [2.45, 2.75) is 6.92 Å². The molecular formula is C12H10ClNO4. The van der Waals surface area contributed by atoms with Crippen LogP contribution in [0.3, 0.4) is 0 Å². The first-order valence-electron chi connectivity index (χ1n) is 5.25. The molecule has 18 heavy (non-hydrogen) atoms. The minimum atomic E-state index is -1.07. The minimum Gasteiger partial charge on any atom is -0.477 e. The quantitative estimate of drug-likeness (QED) is 0.838. The summed E-state index contributed by atoms with van der Waals surface area (Å²) in [5, 5.41) is 9.68. The number of H-pyrrole nitrogens is 1. The Labute approximate surface area is 107 Å². The van der Waals surface area contributed by atoms with Gasteiger partial charge in [0.2, 0.25) is 0 Å². The summed E-state index contributed by atoms with van der Waals surface area (Å²) >= 11 is 5.95. The molecule has 2 N–H and O–H groups in total. The molecule has 6 heteroatoms. The third kappa shape index (κ3) is 2.17. The van der Waals surface area contributed by atoms with Crippen molar-refractivity contribution in [1.29, 1.82) is 0 Å². The Kier molecular flexibility index (Phi) is 3.25. The summed E-state index contributed by atoms with van der Waals surface area (Å²) in [5.41, 5.74) is 0.828. The molecule has 0 atom stereocenters. The molecule has 94 valence electrons. The van der Waals surface area contributed by atoms with Crippen LogP contribution >= 0.6 is 11.6 Å². The van der Waals surface area contributed by atoms with Crippen molar-refractivity contribution in [3.05, 3.63) is 34.5 Å². The lowest BCUT2D eigenvalue weighted by Crippen LogP contribution is -2.05. The number of aromatic amines is 1. The Hall–Kier alpha value is -2.01. The highest BCUT2D eigenvalue weighted by atomic mass is 35.5. The lowest BCUT2D eigenvalue weighted by atomic mass is 10.1. The number of carbonyl (C=O) groups excluding carboxylic acids is 1. The molecule has 0 aliphatic rings. The number of nitrogens with one attached hydrogen (secondary N) is 1. The first kappa shape index (κ1) is 12.4. The standard InChI is InChI=1S/C12H10ClNO4/c1-2-18-12(17)7-3-6-4-10(11(15)16)14-9(6)5-8(7)13/h3-5,14H,2H2,1H3,(H,15,16). The molecule has 1 heterocycles. The van der Waals surface area contributed by atoms with Crippen molar-refractivity contribution in [2.75, 3.05) is 6.61 Å². The van der Waals surface area contributed by atoms with Crippen LogP contribution in [0, 0.1) is 0 Å². The molecule has 0 saturated heterocycles. The number of fused-ring (bicyclic) bond motifs is 1. The van der Waals surface area contributed by atoms with Crippen LogP contribution < -0.4 is 0 Å². The van der Waals surface area contributed by atoms with Gasteiger partial charge in [-0.15, -0.1) is 0 Å². The highest BCUT2D eigenvalue weighted by Crippen LogP contribution is 2.25. The van der Waals surface area contributed by atoms with Crippen molar-refractivity contribution in [2.24, 2.45) is 0 Å². The molecule has 0 unspecified atom stereocenters. The number of halogens is 1. The monoisotopic (exact) mass is 267 g/mol. The van der Waals surface area contributed by atoms with Gasteiger partial charge in [-0.1, -0.05) is 11.6 Å². The molecule has 2 aromatic rings. The van der Waals surface area contributed by atoms with E-state index in [0.717, 1.165) is 0 Å². The van der Waals surface area contributed by atoms with E-state index in [1.54, 1.807) is 6.92 Å². The summed E-state index contributed by atoms with van der Waals surface area (Å²) in [7, 11) is 0. The maximum atomic E-state index is 11.6. The molecule has 0 saturated carbocycles. The number of rotatable bonds is 3. The second kappa shape index (κ2) is 4.70. The zero-order valence-corrected chi connectivity index (χ0v) is 10.2. The minimum absolute atomic E-state index is 0.0436. The Morgan fingerprint density at radius 3 is 2.72 bits per heavy atom. The van der Waals surface area contributed by atoms with Gasteiger partial charge in [-0.25, -0.2) is 9.59 Å². The van der Waals surface area contributed by atoms with Gasteiger partial charge in [0.25, 0.3) is 0 Å². The normalized spacial score (nSPS) is 10.6. The van der Waals surface area contributed by atoms with Crippen LogP contribution in [0.4, 0.5) is 0 Å². The van der Waals surface area contributed by atoms with Crippen LogP contribution in [0.15, 0.2) is 18.2 Å². The van der Waals surface area contributed by atoms with Gasteiger partial charge in [-0.2, -0.15) is 0 Å².